The van der Waals surface area contributed by atoms with Gasteiger partial charge < -0.3 is 9.64 Å². The average Bonchev–Trinajstić information content (AvgIpc) is 3.39. The molecule has 0 unspecified atom stereocenters. The fourth-order valence-corrected chi connectivity index (χ4v) is 9.15. The molecule has 0 atom stereocenters. The molecule has 2 heteroatoms. The lowest BCUT2D eigenvalue weighted by Crippen LogP contribution is -2.17. The molecule has 0 aromatic heterocycles. The zero-order valence-electron chi connectivity index (χ0n) is 31.9. The number of hydrogen-bond donors (Lipinski definition) is 0. The Morgan fingerprint density at radius 3 is 1.79 bits per heavy atom. The van der Waals surface area contributed by atoms with Gasteiger partial charge in [0.2, 0.25) is 0 Å². The second kappa shape index (κ2) is 13.0. The standard InChI is InChI=1S/C55H39NO/c1-55(2)50-21-11-10-19-46(50)47-31-30-43(35-51(47)55)56(42-28-25-38(26-29-42)36-13-4-3-5-14-36)52-22-12-20-48-44-17-8-9-18-45(44)49-34-41(27-32-53(49)57-54(48)52)40-24-23-37-15-6-7-16-39(37)33-40/h3-35H,1-2H3. The van der Waals surface area contributed by atoms with Crippen molar-refractivity contribution in [3.05, 3.63) is 211 Å². The topological polar surface area (TPSA) is 12.5 Å². The summed E-state index contributed by atoms with van der Waals surface area (Å²) in [5, 5.41) is 2.47. The minimum Gasteiger partial charge on any atom is -0.454 e. The maximum Gasteiger partial charge on any atom is 0.159 e. The van der Waals surface area contributed by atoms with Gasteiger partial charge in [0.25, 0.3) is 0 Å². The molecule has 0 saturated carbocycles. The Balaban J connectivity index is 1.09. The van der Waals surface area contributed by atoms with E-state index in [4.69, 9.17) is 4.74 Å². The molecule has 270 valence electrons. The van der Waals surface area contributed by atoms with Crippen LogP contribution in [0.5, 0.6) is 11.5 Å². The van der Waals surface area contributed by atoms with Crippen LogP contribution in [-0.4, -0.2) is 0 Å². The van der Waals surface area contributed by atoms with Crippen LogP contribution in [0, 0.1) is 0 Å². The van der Waals surface area contributed by atoms with E-state index in [0.29, 0.717) is 0 Å². The van der Waals surface area contributed by atoms with E-state index in [2.05, 4.69) is 219 Å². The molecule has 0 bridgehead atoms. The van der Waals surface area contributed by atoms with E-state index in [1.807, 2.05) is 0 Å². The van der Waals surface area contributed by atoms with Gasteiger partial charge in [-0.15, -0.1) is 0 Å². The molecule has 0 saturated heterocycles. The van der Waals surface area contributed by atoms with E-state index in [1.54, 1.807) is 0 Å². The maximum atomic E-state index is 7.24. The van der Waals surface area contributed by atoms with Crippen molar-refractivity contribution >= 4 is 27.8 Å². The lowest BCUT2D eigenvalue weighted by atomic mass is 9.82. The Morgan fingerprint density at radius 2 is 0.965 bits per heavy atom. The maximum absolute atomic E-state index is 7.24. The number of nitrogens with zero attached hydrogens (tertiary/aromatic N) is 1. The molecule has 57 heavy (non-hydrogen) atoms. The summed E-state index contributed by atoms with van der Waals surface area (Å²) in [4.78, 5) is 2.38. The van der Waals surface area contributed by atoms with Gasteiger partial charge in [0.15, 0.2) is 5.75 Å². The fraction of sp³-hybridized carbons (Fsp3) is 0.0545. The summed E-state index contributed by atoms with van der Waals surface area (Å²) in [6, 6.07) is 72.5. The van der Waals surface area contributed by atoms with Gasteiger partial charge >= 0.3 is 0 Å². The van der Waals surface area contributed by atoms with E-state index >= 15 is 0 Å². The van der Waals surface area contributed by atoms with E-state index in [1.165, 1.54) is 49.7 Å². The Morgan fingerprint density at radius 1 is 0.368 bits per heavy atom. The van der Waals surface area contributed by atoms with Gasteiger partial charge in [-0.2, -0.15) is 0 Å². The first-order valence-corrected chi connectivity index (χ1v) is 19.8. The molecule has 0 spiro atoms. The molecule has 9 aromatic rings. The number of rotatable bonds is 5. The molecule has 1 aliphatic carbocycles. The minimum atomic E-state index is -0.143. The van der Waals surface area contributed by atoms with Crippen molar-refractivity contribution in [1.82, 2.24) is 0 Å². The quantitative estimate of drug-likeness (QED) is 0.175. The van der Waals surface area contributed by atoms with Crippen molar-refractivity contribution in [3.8, 4) is 67.1 Å². The van der Waals surface area contributed by atoms with Crippen LogP contribution >= 0.6 is 0 Å². The zero-order valence-corrected chi connectivity index (χ0v) is 31.9. The molecular formula is C55H39NO. The third-order valence-electron chi connectivity index (χ3n) is 12.1. The smallest absolute Gasteiger partial charge is 0.159 e. The molecule has 0 radical (unpaired) electrons. The number of fused-ring (bicyclic) bond motifs is 9. The molecule has 0 amide bonds. The second-order valence-corrected chi connectivity index (χ2v) is 15.7. The Labute approximate surface area is 333 Å². The molecule has 2 aliphatic rings. The van der Waals surface area contributed by atoms with Gasteiger partial charge in [0.05, 0.1) is 5.69 Å². The third-order valence-corrected chi connectivity index (χ3v) is 12.1. The first-order chi connectivity index (χ1) is 28.0. The highest BCUT2D eigenvalue weighted by atomic mass is 16.5. The SMILES string of the molecule is CC1(C)c2ccccc2-c2ccc(N(c3ccc(-c4ccccc4)cc3)c3cccc4c3Oc3ccc(-c5ccc6ccccc6c5)cc3-c3ccccc3-4)cc21. The van der Waals surface area contributed by atoms with Crippen molar-refractivity contribution < 1.29 is 4.74 Å². The van der Waals surface area contributed by atoms with Gasteiger partial charge in [0, 0.05) is 27.9 Å². The lowest BCUT2D eigenvalue weighted by molar-refractivity contribution is 0.489. The molecule has 0 fully saturated rings. The normalized spacial score (nSPS) is 13.0. The van der Waals surface area contributed by atoms with Crippen molar-refractivity contribution in [2.24, 2.45) is 0 Å². The van der Waals surface area contributed by atoms with E-state index < -0.39 is 0 Å². The predicted molar refractivity (Wildman–Crippen MR) is 238 cm³/mol. The summed E-state index contributed by atoms with van der Waals surface area (Å²) in [5.74, 6) is 1.67. The van der Waals surface area contributed by atoms with Crippen LogP contribution in [0.3, 0.4) is 0 Å². The zero-order chi connectivity index (χ0) is 38.1. The molecule has 2 nitrogen and oxygen atoms in total. The summed E-state index contributed by atoms with van der Waals surface area (Å²) in [5.41, 5.74) is 17.4. The first-order valence-electron chi connectivity index (χ1n) is 19.8. The predicted octanol–water partition coefficient (Wildman–Crippen LogP) is 15.4. The number of anilines is 3. The highest BCUT2D eigenvalue weighted by Crippen LogP contribution is 2.55. The molecular weight excluding hydrogens is 691 g/mol. The summed E-state index contributed by atoms with van der Waals surface area (Å²) < 4.78 is 7.24. The fourth-order valence-electron chi connectivity index (χ4n) is 9.15. The number of ether oxygens (including phenoxy) is 1. The monoisotopic (exact) mass is 729 g/mol. The van der Waals surface area contributed by atoms with E-state index in [0.717, 1.165) is 56.4 Å². The number of para-hydroxylation sites is 1. The van der Waals surface area contributed by atoms with Crippen molar-refractivity contribution in [2.75, 3.05) is 4.90 Å². The molecule has 1 aliphatic heterocycles. The van der Waals surface area contributed by atoms with E-state index in [-0.39, 0.29) is 5.41 Å². The van der Waals surface area contributed by atoms with Gasteiger partial charge in [-0.1, -0.05) is 166 Å². The van der Waals surface area contributed by atoms with Crippen LogP contribution in [0.2, 0.25) is 0 Å². The summed E-state index contributed by atoms with van der Waals surface area (Å²) in [6.07, 6.45) is 0. The molecule has 11 rings (SSSR count). The first kappa shape index (κ1) is 33.2. The van der Waals surface area contributed by atoms with Crippen molar-refractivity contribution in [3.63, 3.8) is 0 Å². The largest absolute Gasteiger partial charge is 0.454 e. The summed E-state index contributed by atoms with van der Waals surface area (Å²) >= 11 is 0. The lowest BCUT2D eigenvalue weighted by Gasteiger charge is -2.30. The van der Waals surface area contributed by atoms with Crippen molar-refractivity contribution in [1.29, 1.82) is 0 Å². The molecule has 0 N–H and O–H groups in total. The Hall–Kier alpha value is -7.16. The summed E-state index contributed by atoms with van der Waals surface area (Å²) in [7, 11) is 0. The van der Waals surface area contributed by atoms with E-state index in [9.17, 15) is 0 Å². The van der Waals surface area contributed by atoms with Gasteiger partial charge in [0.1, 0.15) is 5.75 Å². The molecule has 9 aromatic carbocycles. The third kappa shape index (κ3) is 5.40. The Bertz CT molecular complexity index is 3010. The average molecular weight is 730 g/mol. The number of hydrogen-bond acceptors (Lipinski definition) is 2. The van der Waals surface area contributed by atoms with Gasteiger partial charge in [-0.05, 0) is 115 Å². The van der Waals surface area contributed by atoms with Gasteiger partial charge in [-0.3, -0.25) is 0 Å². The van der Waals surface area contributed by atoms with Crippen LogP contribution < -0.4 is 9.64 Å². The van der Waals surface area contributed by atoms with Crippen molar-refractivity contribution in [2.45, 2.75) is 19.3 Å². The van der Waals surface area contributed by atoms with Crippen LogP contribution in [0.15, 0.2) is 200 Å². The Kier molecular flexibility index (Phi) is 7.55. The summed E-state index contributed by atoms with van der Waals surface area (Å²) in [6.45, 7) is 4.69. The van der Waals surface area contributed by atoms with Crippen LogP contribution in [0.1, 0.15) is 25.0 Å². The van der Waals surface area contributed by atoms with Crippen LogP contribution in [0.25, 0.3) is 66.4 Å². The highest BCUT2D eigenvalue weighted by molar-refractivity contribution is 5.97. The number of benzene rings is 9. The van der Waals surface area contributed by atoms with Crippen LogP contribution in [0.4, 0.5) is 17.1 Å². The highest BCUT2D eigenvalue weighted by Gasteiger charge is 2.36. The molecule has 1 heterocycles. The van der Waals surface area contributed by atoms with Gasteiger partial charge in [-0.25, -0.2) is 0 Å². The second-order valence-electron chi connectivity index (χ2n) is 15.7. The van der Waals surface area contributed by atoms with Crippen LogP contribution in [-0.2, 0) is 5.41 Å². The minimum absolute atomic E-state index is 0.143.